The smallest absolute Gasteiger partial charge is 0.224 e. The molecule has 0 saturated carbocycles. The van der Waals surface area contributed by atoms with E-state index in [1.807, 2.05) is 12.1 Å². The van der Waals surface area contributed by atoms with Crippen LogP contribution >= 0.6 is 12.2 Å². The van der Waals surface area contributed by atoms with Crippen molar-refractivity contribution in [2.24, 2.45) is 0 Å². The Labute approximate surface area is 218 Å². The highest BCUT2D eigenvalue weighted by molar-refractivity contribution is 7.80. The molecule has 1 heterocycles. The van der Waals surface area contributed by atoms with Gasteiger partial charge in [0, 0.05) is 23.9 Å². The number of aliphatic hydroxyl groups is 2. The second kappa shape index (κ2) is 18.6. The number of hydrogen-bond acceptors (Lipinski definition) is 4. The second-order valence-electron chi connectivity index (χ2n) is 9.76. The maximum atomic E-state index is 10.5. The Kier molecular flexibility index (Phi) is 15.7. The molecule has 1 aromatic carbocycles. The molecule has 0 amide bonds. The highest BCUT2D eigenvalue weighted by atomic mass is 32.1. The standard InChI is InChI=1S/C29H48N2O3S/c1-2-3-4-5-6-7-8-9-10-11-12-13-14-15-16-19-22-30-29(35)31-23-25-27(32)24-20-17-18-21-26(24)34-28(25)33/h17-18,20-21,23,27-28,32-33H,2-16,19,22H2,1H3,(H2,30,31,35)/b25-23+. The van der Waals surface area contributed by atoms with Crippen molar-refractivity contribution >= 4 is 17.3 Å². The topological polar surface area (TPSA) is 73.8 Å². The lowest BCUT2D eigenvalue weighted by Gasteiger charge is -2.29. The molecule has 0 aliphatic carbocycles. The van der Waals surface area contributed by atoms with Crippen molar-refractivity contribution in [2.45, 2.75) is 122 Å². The Morgan fingerprint density at radius 2 is 1.34 bits per heavy atom. The van der Waals surface area contributed by atoms with Crippen LogP contribution in [0.3, 0.4) is 0 Å². The van der Waals surface area contributed by atoms with E-state index >= 15 is 0 Å². The minimum atomic E-state index is -1.20. The third-order valence-corrected chi connectivity index (χ3v) is 7.00. The van der Waals surface area contributed by atoms with Crippen LogP contribution in [0, 0.1) is 0 Å². The number of thiocarbonyl (C=S) groups is 1. The van der Waals surface area contributed by atoms with Crippen molar-refractivity contribution in [1.82, 2.24) is 10.6 Å². The van der Waals surface area contributed by atoms with Crippen LogP contribution in [0.5, 0.6) is 5.75 Å². The summed E-state index contributed by atoms with van der Waals surface area (Å²) in [5.74, 6) is 0.494. The van der Waals surface area contributed by atoms with Crippen molar-refractivity contribution < 1.29 is 14.9 Å². The van der Waals surface area contributed by atoms with E-state index < -0.39 is 12.4 Å². The van der Waals surface area contributed by atoms with Gasteiger partial charge < -0.3 is 25.6 Å². The van der Waals surface area contributed by atoms with Crippen LogP contribution in [0.1, 0.15) is 121 Å². The first kappa shape index (κ1) is 29.6. The summed E-state index contributed by atoms with van der Waals surface area (Å²) in [6.07, 6.45) is 21.2. The minimum absolute atomic E-state index is 0.343. The van der Waals surface area contributed by atoms with E-state index in [-0.39, 0.29) is 0 Å². The summed E-state index contributed by atoms with van der Waals surface area (Å²) in [4.78, 5) is 0. The highest BCUT2D eigenvalue weighted by Gasteiger charge is 2.30. The number of benzene rings is 1. The van der Waals surface area contributed by atoms with E-state index in [2.05, 4.69) is 17.6 Å². The zero-order chi connectivity index (χ0) is 25.1. The molecule has 0 spiro atoms. The SMILES string of the molecule is CCCCCCCCCCCCCCCCCCNC(=S)N/C=C1/C(O)Oc2ccccc2C1O. The number of ether oxygens (including phenoxy) is 1. The number of nitrogens with one attached hydrogen (secondary N) is 2. The van der Waals surface area contributed by atoms with Crippen molar-refractivity contribution in [2.75, 3.05) is 6.54 Å². The first-order valence-electron chi connectivity index (χ1n) is 14.0. The molecule has 2 atom stereocenters. The molecule has 6 heteroatoms. The predicted molar refractivity (Wildman–Crippen MR) is 149 cm³/mol. The summed E-state index contributed by atoms with van der Waals surface area (Å²) in [6, 6.07) is 7.16. The van der Waals surface area contributed by atoms with Gasteiger partial charge in [0.2, 0.25) is 6.29 Å². The molecule has 0 radical (unpaired) electrons. The molecule has 5 nitrogen and oxygen atoms in total. The molecule has 198 valence electrons. The maximum Gasteiger partial charge on any atom is 0.224 e. The zero-order valence-corrected chi connectivity index (χ0v) is 22.6. The van der Waals surface area contributed by atoms with Gasteiger partial charge in [0.1, 0.15) is 11.9 Å². The fraction of sp³-hybridized carbons (Fsp3) is 0.690. The van der Waals surface area contributed by atoms with Crippen molar-refractivity contribution in [3.05, 3.63) is 41.6 Å². The molecular formula is C29H48N2O3S. The fourth-order valence-corrected chi connectivity index (χ4v) is 4.70. The van der Waals surface area contributed by atoms with Gasteiger partial charge in [0.15, 0.2) is 5.11 Å². The summed E-state index contributed by atoms with van der Waals surface area (Å²) in [5, 5.41) is 27.3. The van der Waals surface area contributed by atoms with Gasteiger partial charge in [-0.25, -0.2) is 0 Å². The van der Waals surface area contributed by atoms with E-state index in [1.54, 1.807) is 12.1 Å². The number of para-hydroxylation sites is 1. The van der Waals surface area contributed by atoms with E-state index in [0.29, 0.717) is 22.0 Å². The van der Waals surface area contributed by atoms with Gasteiger partial charge in [-0.05, 0) is 24.7 Å². The lowest BCUT2D eigenvalue weighted by Crippen LogP contribution is -2.35. The zero-order valence-electron chi connectivity index (χ0n) is 21.8. The number of fused-ring (bicyclic) bond motifs is 1. The molecule has 0 saturated heterocycles. The van der Waals surface area contributed by atoms with Gasteiger partial charge in [-0.3, -0.25) is 0 Å². The summed E-state index contributed by atoms with van der Waals surface area (Å²) in [7, 11) is 0. The van der Waals surface area contributed by atoms with E-state index in [4.69, 9.17) is 17.0 Å². The Bertz CT molecular complexity index is 740. The lowest BCUT2D eigenvalue weighted by atomic mass is 9.98. The molecule has 4 N–H and O–H groups in total. The van der Waals surface area contributed by atoms with Gasteiger partial charge in [0.05, 0.1) is 0 Å². The van der Waals surface area contributed by atoms with E-state index in [9.17, 15) is 10.2 Å². The Morgan fingerprint density at radius 1 is 0.829 bits per heavy atom. The van der Waals surface area contributed by atoms with Crippen LogP contribution in [-0.4, -0.2) is 28.2 Å². The largest absolute Gasteiger partial charge is 0.461 e. The number of rotatable bonds is 18. The summed E-state index contributed by atoms with van der Waals surface area (Å²) < 4.78 is 5.47. The average Bonchev–Trinajstić information content (AvgIpc) is 2.85. The van der Waals surface area contributed by atoms with Crippen LogP contribution in [0.2, 0.25) is 0 Å². The first-order valence-corrected chi connectivity index (χ1v) is 14.4. The second-order valence-corrected chi connectivity index (χ2v) is 10.2. The molecule has 1 aliphatic rings. The third kappa shape index (κ3) is 12.2. The predicted octanol–water partition coefficient (Wildman–Crippen LogP) is 7.04. The normalized spacial score (nSPS) is 18.2. The van der Waals surface area contributed by atoms with Crippen LogP contribution in [0.15, 0.2) is 36.0 Å². The lowest BCUT2D eigenvalue weighted by molar-refractivity contribution is -0.0194. The highest BCUT2D eigenvalue weighted by Crippen LogP contribution is 2.36. The summed E-state index contributed by atoms with van der Waals surface area (Å²) >= 11 is 5.32. The monoisotopic (exact) mass is 504 g/mol. The Hall–Kier alpha value is -1.63. The number of aliphatic hydroxyl groups excluding tert-OH is 2. The summed E-state index contributed by atoms with van der Waals surface area (Å²) in [6.45, 7) is 3.10. The molecule has 1 aromatic rings. The van der Waals surface area contributed by atoms with Crippen molar-refractivity contribution in [3.63, 3.8) is 0 Å². The van der Waals surface area contributed by atoms with Crippen LogP contribution in [0.25, 0.3) is 0 Å². The number of hydrogen-bond donors (Lipinski definition) is 4. The van der Waals surface area contributed by atoms with Gasteiger partial charge >= 0.3 is 0 Å². The summed E-state index contributed by atoms with van der Waals surface area (Å²) in [5.41, 5.74) is 0.980. The Morgan fingerprint density at radius 3 is 1.91 bits per heavy atom. The van der Waals surface area contributed by atoms with Gasteiger partial charge in [-0.2, -0.15) is 0 Å². The van der Waals surface area contributed by atoms with Crippen molar-refractivity contribution in [3.8, 4) is 5.75 Å². The van der Waals surface area contributed by atoms with Gasteiger partial charge in [-0.15, -0.1) is 0 Å². The quantitative estimate of drug-likeness (QED) is 0.127. The van der Waals surface area contributed by atoms with Gasteiger partial charge in [0.25, 0.3) is 0 Å². The molecular weight excluding hydrogens is 456 g/mol. The van der Waals surface area contributed by atoms with Crippen LogP contribution in [-0.2, 0) is 0 Å². The van der Waals surface area contributed by atoms with Crippen LogP contribution < -0.4 is 15.4 Å². The van der Waals surface area contributed by atoms with Crippen molar-refractivity contribution in [1.29, 1.82) is 0 Å². The molecule has 2 unspecified atom stereocenters. The average molecular weight is 505 g/mol. The molecule has 2 rings (SSSR count). The Balaban J connectivity index is 1.41. The maximum absolute atomic E-state index is 10.5. The van der Waals surface area contributed by atoms with Crippen LogP contribution in [0.4, 0.5) is 0 Å². The first-order chi connectivity index (χ1) is 17.1. The molecule has 35 heavy (non-hydrogen) atoms. The van der Waals surface area contributed by atoms with E-state index in [0.717, 1.165) is 13.0 Å². The van der Waals surface area contributed by atoms with Gasteiger partial charge in [-0.1, -0.05) is 121 Å². The number of unbranched alkanes of at least 4 members (excludes halogenated alkanes) is 15. The minimum Gasteiger partial charge on any atom is -0.461 e. The van der Waals surface area contributed by atoms with E-state index in [1.165, 1.54) is 103 Å². The molecule has 0 bridgehead atoms. The molecule has 1 aliphatic heterocycles. The molecule has 0 aromatic heterocycles. The third-order valence-electron chi connectivity index (χ3n) is 6.74. The fourth-order valence-electron chi connectivity index (χ4n) is 4.54. The molecule has 0 fully saturated rings.